The van der Waals surface area contributed by atoms with E-state index in [0.717, 1.165) is 35.0 Å². The maximum Gasteiger partial charge on any atom is 0.438 e. The zero-order chi connectivity index (χ0) is 48.1. The molecular weight excluding hydrogens is 885 g/mol. The number of ether oxygens (including phenoxy) is 1. The van der Waals surface area contributed by atoms with Crippen LogP contribution in [0.5, 0.6) is 0 Å². The summed E-state index contributed by atoms with van der Waals surface area (Å²) in [6, 6.07) is 14.4. The van der Waals surface area contributed by atoms with Crippen molar-refractivity contribution in [2.24, 2.45) is 13.0 Å². The summed E-state index contributed by atoms with van der Waals surface area (Å²) in [6.07, 6.45) is 7.51. The molecule has 356 valence electrons. The summed E-state index contributed by atoms with van der Waals surface area (Å²) < 4.78 is 50.9. The van der Waals surface area contributed by atoms with Gasteiger partial charge in [0.15, 0.2) is 11.6 Å². The number of benzene rings is 3. The van der Waals surface area contributed by atoms with Gasteiger partial charge < -0.3 is 19.5 Å². The van der Waals surface area contributed by atoms with Gasteiger partial charge in [-0.15, -0.1) is 0 Å². The Kier molecular flexibility index (Phi) is 9.45. The standard InChI is InChI=1S/C51H53F2N11O5/c1-27-18-34(19-28(2)41(27)52)64-44(61-16-15-60(48(61)67)38-11-10-37-35(42(38)53)24-55-59(37)7)40-30(4)62(26-50(43(40)57-64)13-14-54-25-50)45(65)39-21-33-20-31(32-12-17-68-49(5,6)23-32)8-9-36(33)63(39)51(22-29(51)3)46-56-47(66)69-58-46/h8-11,15-16,18-21,24,29-30,32,54H,12-14,17,22-23,25-26H2,1-7H3,(H,56,58,66)/t29-,30-,32-,50?,51-/m0/s1. The van der Waals surface area contributed by atoms with E-state index in [9.17, 15) is 9.59 Å². The first-order valence-electron chi connectivity index (χ1n) is 23.7. The highest BCUT2D eigenvalue weighted by Gasteiger charge is 2.60. The monoisotopic (exact) mass is 937 g/mol. The minimum atomic E-state index is -0.878. The first-order valence-corrected chi connectivity index (χ1v) is 23.7. The van der Waals surface area contributed by atoms with E-state index in [0.29, 0.717) is 84.3 Å². The number of H-pyrrole nitrogens is 1. The average molecular weight is 938 g/mol. The molecule has 0 bridgehead atoms. The zero-order valence-corrected chi connectivity index (χ0v) is 39.6. The molecule has 16 nitrogen and oxygen atoms in total. The normalized spacial score (nSPS) is 24.2. The van der Waals surface area contributed by atoms with Crippen molar-refractivity contribution in [1.29, 1.82) is 0 Å². The lowest BCUT2D eigenvalue weighted by molar-refractivity contribution is -0.0592. The molecule has 8 heterocycles. The molecule has 8 aromatic rings. The highest BCUT2D eigenvalue weighted by Crippen LogP contribution is 2.56. The van der Waals surface area contributed by atoms with Gasteiger partial charge in [0.05, 0.1) is 45.8 Å². The molecule has 1 saturated carbocycles. The summed E-state index contributed by atoms with van der Waals surface area (Å²) in [5.74, 6) is -0.923. The lowest BCUT2D eigenvalue weighted by Gasteiger charge is -2.43. The summed E-state index contributed by atoms with van der Waals surface area (Å²) in [6.45, 7) is 13.7. The molecule has 2 saturated heterocycles. The van der Waals surface area contributed by atoms with Gasteiger partial charge in [-0.25, -0.2) is 23.1 Å². The maximum atomic E-state index is 16.3. The number of nitrogens with one attached hydrogen (secondary N) is 2. The van der Waals surface area contributed by atoms with Crippen LogP contribution in [0.2, 0.25) is 0 Å². The van der Waals surface area contributed by atoms with Crippen LogP contribution < -0.4 is 16.8 Å². The second-order valence-electron chi connectivity index (χ2n) is 20.6. The van der Waals surface area contributed by atoms with Crippen LogP contribution in [0.3, 0.4) is 0 Å². The van der Waals surface area contributed by atoms with E-state index < -0.39 is 34.3 Å². The third-order valence-corrected chi connectivity index (χ3v) is 15.8. The van der Waals surface area contributed by atoms with Crippen molar-refractivity contribution in [3.8, 4) is 17.2 Å². The van der Waals surface area contributed by atoms with Crippen LogP contribution in [0.1, 0.15) is 110 Å². The number of aromatic amines is 1. The molecule has 12 rings (SSSR count). The lowest BCUT2D eigenvalue weighted by atomic mass is 9.76. The number of carbonyl (C=O) groups is 1. The van der Waals surface area contributed by atoms with Crippen molar-refractivity contribution in [2.75, 3.05) is 26.2 Å². The first kappa shape index (κ1) is 43.4. The highest BCUT2D eigenvalue weighted by molar-refractivity contribution is 6.00. The molecule has 3 fully saturated rings. The van der Waals surface area contributed by atoms with Gasteiger partial charge in [0, 0.05) is 61.0 Å². The van der Waals surface area contributed by atoms with Gasteiger partial charge in [0.2, 0.25) is 0 Å². The first-order chi connectivity index (χ1) is 33.0. The number of hydrogen-bond acceptors (Lipinski definition) is 9. The third-order valence-electron chi connectivity index (χ3n) is 15.8. The van der Waals surface area contributed by atoms with Crippen LogP contribution in [0.25, 0.3) is 39.0 Å². The summed E-state index contributed by atoms with van der Waals surface area (Å²) in [4.78, 5) is 48.3. The number of hydrogen-bond donors (Lipinski definition) is 2. The van der Waals surface area contributed by atoms with E-state index in [-0.39, 0.29) is 40.2 Å². The fourth-order valence-electron chi connectivity index (χ4n) is 12.1. The summed E-state index contributed by atoms with van der Waals surface area (Å²) in [5.41, 5.74) is 3.29. The molecule has 1 aliphatic carbocycles. The average Bonchev–Trinajstić information content (AvgIpc) is 4.08. The van der Waals surface area contributed by atoms with Crippen molar-refractivity contribution in [3.05, 3.63) is 139 Å². The van der Waals surface area contributed by atoms with Gasteiger partial charge in [-0.2, -0.15) is 10.2 Å². The second-order valence-corrected chi connectivity index (χ2v) is 20.6. The number of fused-ring (bicyclic) bond motifs is 4. The van der Waals surface area contributed by atoms with E-state index in [1.165, 1.54) is 21.5 Å². The molecule has 1 unspecified atom stereocenters. The number of amides is 1. The Morgan fingerprint density at radius 2 is 1.70 bits per heavy atom. The van der Waals surface area contributed by atoms with Gasteiger partial charge in [-0.1, -0.05) is 18.1 Å². The number of nitrogens with zero attached hydrogens (tertiary/aromatic N) is 9. The van der Waals surface area contributed by atoms with Crippen molar-refractivity contribution in [2.45, 2.75) is 95.7 Å². The van der Waals surface area contributed by atoms with Crippen LogP contribution >= 0.6 is 0 Å². The topological polar surface area (TPSA) is 168 Å². The van der Waals surface area contributed by atoms with Crippen LogP contribution in [0.4, 0.5) is 8.78 Å². The Bertz CT molecular complexity index is 3540. The maximum absolute atomic E-state index is 16.3. The van der Waals surface area contributed by atoms with Crippen molar-refractivity contribution in [1.82, 2.24) is 53.6 Å². The molecule has 4 aliphatic rings. The molecule has 5 atom stereocenters. The van der Waals surface area contributed by atoms with E-state index in [1.54, 1.807) is 60.7 Å². The molecule has 69 heavy (non-hydrogen) atoms. The molecule has 3 aliphatic heterocycles. The fourth-order valence-corrected chi connectivity index (χ4v) is 12.1. The quantitative estimate of drug-likeness (QED) is 0.169. The zero-order valence-electron chi connectivity index (χ0n) is 39.6. The molecule has 0 radical (unpaired) electrons. The molecular formula is C51H53F2N11O5. The molecule has 1 spiro atoms. The van der Waals surface area contributed by atoms with Crippen LogP contribution in [-0.2, 0) is 22.7 Å². The van der Waals surface area contributed by atoms with Crippen LogP contribution in [-0.4, -0.2) is 86.1 Å². The predicted molar refractivity (Wildman–Crippen MR) is 253 cm³/mol. The molecule has 1 amide bonds. The van der Waals surface area contributed by atoms with Crippen molar-refractivity contribution >= 4 is 27.7 Å². The van der Waals surface area contributed by atoms with E-state index in [4.69, 9.17) is 14.4 Å². The Labute approximate surface area is 394 Å². The minimum Gasteiger partial charge on any atom is -0.376 e. The Hall–Kier alpha value is -6.92. The minimum absolute atomic E-state index is 0.0146. The van der Waals surface area contributed by atoms with Gasteiger partial charge in [-0.05, 0) is 138 Å². The number of aromatic nitrogens is 9. The molecule has 2 N–H and O–H groups in total. The summed E-state index contributed by atoms with van der Waals surface area (Å²) >= 11 is 0. The number of aryl methyl sites for hydroxylation is 3. The van der Waals surface area contributed by atoms with Gasteiger partial charge in [-0.3, -0.25) is 28.1 Å². The summed E-state index contributed by atoms with van der Waals surface area (Å²) in [5, 5.41) is 18.5. The van der Waals surface area contributed by atoms with E-state index in [2.05, 4.69) is 64.1 Å². The Balaban J connectivity index is 1.05. The molecule has 18 heteroatoms. The van der Waals surface area contributed by atoms with E-state index in [1.807, 2.05) is 17.9 Å². The fraction of sp³-hybridized carbons (Fsp3) is 0.412. The molecule has 3 aromatic carbocycles. The van der Waals surface area contributed by atoms with Crippen molar-refractivity contribution < 1.29 is 22.8 Å². The number of carbonyl (C=O) groups excluding carboxylic acids is 1. The van der Waals surface area contributed by atoms with Crippen LogP contribution in [0, 0.1) is 31.4 Å². The van der Waals surface area contributed by atoms with Crippen molar-refractivity contribution in [3.63, 3.8) is 0 Å². The molecule has 5 aromatic heterocycles. The highest BCUT2D eigenvalue weighted by atomic mass is 19.1. The third kappa shape index (κ3) is 6.36. The number of halogens is 2. The second kappa shape index (κ2) is 15.0. The SMILES string of the molecule is Cc1cc(-n2nc3c(c2-n2ccn(-c4ccc5c(cnn5C)c4F)c2=O)[C@H](C)N(C(=O)c2cc4cc([C@H]5CCOC(C)(C)C5)ccc4n2[C@@]2(c4noc(=O)[nH]4)C[C@@H]2C)CC32CCNC2)cc(C)c1F. The largest absolute Gasteiger partial charge is 0.438 e. The Morgan fingerprint density at radius 3 is 2.39 bits per heavy atom. The van der Waals surface area contributed by atoms with Gasteiger partial charge in [0.25, 0.3) is 5.91 Å². The van der Waals surface area contributed by atoms with Gasteiger partial charge >= 0.3 is 11.4 Å². The van der Waals surface area contributed by atoms with Crippen LogP contribution in [0.15, 0.2) is 81.2 Å². The number of imidazole rings is 1. The predicted octanol–water partition coefficient (Wildman–Crippen LogP) is 7.13. The Morgan fingerprint density at radius 1 is 0.942 bits per heavy atom. The lowest BCUT2D eigenvalue weighted by Crippen LogP contribution is -2.51. The number of rotatable bonds is 7. The van der Waals surface area contributed by atoms with Gasteiger partial charge in [0.1, 0.15) is 22.9 Å². The van der Waals surface area contributed by atoms with E-state index >= 15 is 13.6 Å². The summed E-state index contributed by atoms with van der Waals surface area (Å²) in [7, 11) is 1.72. The smallest absolute Gasteiger partial charge is 0.376 e.